The Kier molecular flexibility index (Phi) is 5.80. The van der Waals surface area contributed by atoms with Gasteiger partial charge in [0.1, 0.15) is 0 Å². The summed E-state index contributed by atoms with van der Waals surface area (Å²) in [6.07, 6.45) is 4.73. The number of nitriles is 1. The molecule has 0 N–H and O–H groups in total. The molecule has 6 nitrogen and oxygen atoms in total. The first-order valence-corrected chi connectivity index (χ1v) is 7.26. The molecule has 0 unspecified atom stereocenters. The molecule has 0 saturated carbocycles. The summed E-state index contributed by atoms with van der Waals surface area (Å²) < 4.78 is 4.66. The van der Waals surface area contributed by atoms with Crippen LogP contribution in [0.3, 0.4) is 0 Å². The quantitative estimate of drug-likeness (QED) is 0.273. The second-order valence-corrected chi connectivity index (χ2v) is 5.00. The van der Waals surface area contributed by atoms with Gasteiger partial charge in [0, 0.05) is 18.2 Å². The monoisotopic (exact) mass is 334 g/mol. The molecule has 0 saturated heterocycles. The zero-order chi connectivity index (χ0) is 18.2. The van der Waals surface area contributed by atoms with Crippen LogP contribution in [0.15, 0.2) is 60.7 Å². The van der Waals surface area contributed by atoms with E-state index in [0.29, 0.717) is 16.7 Å². The Labute approximate surface area is 144 Å². The molecule has 25 heavy (non-hydrogen) atoms. The highest BCUT2D eigenvalue weighted by atomic mass is 16.6. The van der Waals surface area contributed by atoms with E-state index in [4.69, 9.17) is 5.26 Å². The second-order valence-electron chi connectivity index (χ2n) is 5.00. The van der Waals surface area contributed by atoms with Crippen LogP contribution in [0.25, 0.3) is 11.6 Å². The highest BCUT2D eigenvalue weighted by molar-refractivity contribution is 5.95. The molecule has 0 fully saturated rings. The number of hydrogen-bond donors (Lipinski definition) is 0. The maximum absolute atomic E-state index is 11.6. The predicted octanol–water partition coefficient (Wildman–Crippen LogP) is 3.74. The smallest absolute Gasteiger partial charge is 0.331 e. The zero-order valence-electron chi connectivity index (χ0n) is 13.4. The summed E-state index contributed by atoms with van der Waals surface area (Å²) in [6, 6.07) is 14.9. The lowest BCUT2D eigenvalue weighted by Crippen LogP contribution is -1.96. The number of carbonyl (C=O) groups excluding carboxylic acids is 1. The van der Waals surface area contributed by atoms with Gasteiger partial charge < -0.3 is 4.74 Å². The van der Waals surface area contributed by atoms with Gasteiger partial charge in [-0.1, -0.05) is 24.3 Å². The highest BCUT2D eigenvalue weighted by Gasteiger charge is 2.05. The normalized spacial score (nSPS) is 11.1. The fraction of sp³-hybridized carbons (Fsp3) is 0.0526. The Morgan fingerprint density at radius 2 is 1.96 bits per heavy atom. The third-order valence-electron chi connectivity index (χ3n) is 3.36. The first kappa shape index (κ1) is 17.6. The van der Waals surface area contributed by atoms with Crippen LogP contribution in [0.4, 0.5) is 5.69 Å². The van der Waals surface area contributed by atoms with Crippen molar-refractivity contribution >= 4 is 23.3 Å². The number of methoxy groups -OCH3 is 1. The molecule has 0 heterocycles. The summed E-state index contributed by atoms with van der Waals surface area (Å²) in [5.41, 5.74) is 2.45. The van der Waals surface area contributed by atoms with E-state index in [1.165, 1.54) is 25.3 Å². The largest absolute Gasteiger partial charge is 0.466 e. The Hall–Kier alpha value is -3.72. The summed E-state index contributed by atoms with van der Waals surface area (Å²) in [7, 11) is 1.28. The Balaban J connectivity index is 2.36. The van der Waals surface area contributed by atoms with Crippen LogP contribution >= 0.6 is 0 Å². The minimum atomic E-state index is -0.522. The molecule has 0 aliphatic rings. The number of allylic oxidation sites excluding steroid dienone is 2. The lowest BCUT2D eigenvalue weighted by molar-refractivity contribution is -0.384. The van der Waals surface area contributed by atoms with Gasteiger partial charge in [-0.15, -0.1) is 0 Å². The van der Waals surface area contributed by atoms with E-state index >= 15 is 0 Å². The molecule has 0 aliphatic heterocycles. The van der Waals surface area contributed by atoms with Crippen molar-refractivity contribution in [3.8, 4) is 6.07 Å². The molecule has 2 aromatic carbocycles. The summed E-state index contributed by atoms with van der Waals surface area (Å²) in [5, 5.41) is 19.7. The predicted molar refractivity (Wildman–Crippen MR) is 93.3 cm³/mol. The van der Waals surface area contributed by atoms with Gasteiger partial charge in [0.2, 0.25) is 0 Å². The van der Waals surface area contributed by atoms with Crippen LogP contribution in [0.2, 0.25) is 0 Å². The molecule has 0 bridgehead atoms. The van der Waals surface area contributed by atoms with Crippen molar-refractivity contribution in [2.24, 2.45) is 0 Å². The number of ether oxygens (including phenoxy) is 1. The van der Waals surface area contributed by atoms with Gasteiger partial charge in [0.05, 0.1) is 23.7 Å². The average Bonchev–Trinajstić information content (AvgIpc) is 2.65. The van der Waals surface area contributed by atoms with Crippen molar-refractivity contribution in [2.45, 2.75) is 0 Å². The van der Waals surface area contributed by atoms with E-state index in [1.54, 1.807) is 48.6 Å². The number of rotatable bonds is 5. The first-order valence-electron chi connectivity index (χ1n) is 7.26. The van der Waals surface area contributed by atoms with Gasteiger partial charge >= 0.3 is 5.97 Å². The summed E-state index contributed by atoms with van der Waals surface area (Å²) in [4.78, 5) is 21.8. The third-order valence-corrected chi connectivity index (χ3v) is 3.36. The minimum Gasteiger partial charge on any atom is -0.466 e. The molecule has 0 radical (unpaired) electrons. The topological polar surface area (TPSA) is 93.2 Å². The van der Waals surface area contributed by atoms with Crippen LogP contribution in [-0.4, -0.2) is 18.0 Å². The fourth-order valence-corrected chi connectivity index (χ4v) is 2.08. The van der Waals surface area contributed by atoms with Gasteiger partial charge in [-0.05, 0) is 41.0 Å². The Morgan fingerprint density at radius 3 is 2.56 bits per heavy atom. The molecule has 2 aromatic rings. The van der Waals surface area contributed by atoms with Gasteiger partial charge in [-0.3, -0.25) is 10.1 Å². The van der Waals surface area contributed by atoms with Gasteiger partial charge in [0.25, 0.3) is 5.69 Å². The van der Waals surface area contributed by atoms with Crippen LogP contribution in [0.5, 0.6) is 0 Å². The van der Waals surface area contributed by atoms with Crippen LogP contribution in [-0.2, 0) is 9.53 Å². The number of nitro benzene ring substituents is 1. The van der Waals surface area contributed by atoms with Crippen molar-refractivity contribution < 1.29 is 14.5 Å². The number of carbonyl (C=O) groups is 1. The molecule has 0 atom stereocenters. The van der Waals surface area contributed by atoms with Crippen LogP contribution < -0.4 is 0 Å². The standard InChI is InChI=1S/C19H14N2O4/c1-25-19(22)12-17(16-4-2-3-15(11-16)13-20)8-5-14-6-9-18(10-7-14)21(23)24/h2-12H,1H3/b8-5+,17-12-. The highest BCUT2D eigenvalue weighted by Crippen LogP contribution is 2.20. The molecule has 2 rings (SSSR count). The van der Waals surface area contributed by atoms with Crippen molar-refractivity contribution in [1.29, 1.82) is 5.26 Å². The van der Waals surface area contributed by atoms with E-state index in [2.05, 4.69) is 4.74 Å². The fourth-order valence-electron chi connectivity index (χ4n) is 2.08. The molecular formula is C19H14N2O4. The second kappa shape index (κ2) is 8.22. The molecule has 0 amide bonds. The number of nitrogens with zero attached hydrogens (tertiary/aromatic N) is 2. The molecule has 6 heteroatoms. The van der Waals surface area contributed by atoms with Crippen molar-refractivity contribution in [3.05, 3.63) is 87.5 Å². The van der Waals surface area contributed by atoms with E-state index in [1.807, 2.05) is 6.07 Å². The Morgan fingerprint density at radius 1 is 1.24 bits per heavy atom. The number of benzene rings is 2. The third kappa shape index (κ3) is 4.88. The maximum atomic E-state index is 11.6. The summed E-state index contributed by atoms with van der Waals surface area (Å²) >= 11 is 0. The lowest BCUT2D eigenvalue weighted by atomic mass is 10.0. The summed E-state index contributed by atoms with van der Waals surface area (Å²) in [6.45, 7) is 0. The Bertz CT molecular complexity index is 890. The lowest BCUT2D eigenvalue weighted by Gasteiger charge is -2.04. The molecule has 0 aliphatic carbocycles. The number of hydrogen-bond acceptors (Lipinski definition) is 5. The zero-order valence-corrected chi connectivity index (χ0v) is 13.4. The van der Waals surface area contributed by atoms with Crippen molar-refractivity contribution in [1.82, 2.24) is 0 Å². The molecular weight excluding hydrogens is 320 g/mol. The van der Waals surface area contributed by atoms with E-state index in [9.17, 15) is 14.9 Å². The minimum absolute atomic E-state index is 0.00389. The molecule has 0 spiro atoms. The van der Waals surface area contributed by atoms with Gasteiger partial charge in [-0.25, -0.2) is 4.79 Å². The van der Waals surface area contributed by atoms with Crippen LogP contribution in [0.1, 0.15) is 16.7 Å². The number of nitro groups is 1. The molecule has 0 aromatic heterocycles. The average molecular weight is 334 g/mol. The van der Waals surface area contributed by atoms with Crippen molar-refractivity contribution in [3.63, 3.8) is 0 Å². The van der Waals surface area contributed by atoms with Gasteiger partial charge in [0.15, 0.2) is 0 Å². The van der Waals surface area contributed by atoms with Gasteiger partial charge in [-0.2, -0.15) is 5.26 Å². The van der Waals surface area contributed by atoms with Crippen molar-refractivity contribution in [2.75, 3.05) is 7.11 Å². The molecule has 124 valence electrons. The van der Waals surface area contributed by atoms with Crippen LogP contribution in [0, 0.1) is 21.4 Å². The first-order chi connectivity index (χ1) is 12.0. The summed E-state index contributed by atoms with van der Waals surface area (Å²) in [5.74, 6) is -0.522. The van der Waals surface area contributed by atoms with E-state index in [-0.39, 0.29) is 5.69 Å². The number of non-ortho nitro benzene ring substituents is 1. The number of esters is 1. The van der Waals surface area contributed by atoms with E-state index in [0.717, 1.165) is 5.56 Å². The van der Waals surface area contributed by atoms with E-state index < -0.39 is 10.9 Å². The SMILES string of the molecule is COC(=O)/C=C(/C=C/c1ccc([N+](=O)[O-])cc1)c1cccc(C#N)c1. The maximum Gasteiger partial charge on any atom is 0.331 e.